The van der Waals surface area contributed by atoms with E-state index in [9.17, 15) is 13.2 Å². The molecule has 0 aliphatic carbocycles. The van der Waals surface area contributed by atoms with Crippen molar-refractivity contribution in [3.8, 4) is 11.5 Å². The summed E-state index contributed by atoms with van der Waals surface area (Å²) in [5.74, 6) is 1.15. The van der Waals surface area contributed by atoms with Crippen molar-refractivity contribution in [1.29, 1.82) is 0 Å². The van der Waals surface area contributed by atoms with Crippen LogP contribution in [0.4, 0.5) is 5.69 Å². The highest BCUT2D eigenvalue weighted by atomic mass is 79.9. The number of nitrogens with zero attached hydrogens (tertiary/aromatic N) is 1. The van der Waals surface area contributed by atoms with Gasteiger partial charge in [-0.1, -0.05) is 15.9 Å². The first-order valence-corrected chi connectivity index (χ1v) is 10.6. The number of hydrogen-bond donors (Lipinski definition) is 0. The summed E-state index contributed by atoms with van der Waals surface area (Å²) in [5.41, 5.74) is 1.41. The molecule has 0 saturated heterocycles. The molecule has 0 N–H and O–H groups in total. The van der Waals surface area contributed by atoms with E-state index in [1.807, 2.05) is 0 Å². The van der Waals surface area contributed by atoms with E-state index in [0.29, 0.717) is 30.4 Å². The van der Waals surface area contributed by atoms with Crippen LogP contribution < -0.4 is 14.4 Å². The third kappa shape index (κ3) is 4.02. The SMILES string of the molecule is CN(C(=O)Cc1cc2c(cc1Br)OCCO2)c1ccc(S(C)(=O)=O)cc1. The smallest absolute Gasteiger partial charge is 0.231 e. The van der Waals surface area contributed by atoms with Crippen molar-refractivity contribution < 1.29 is 22.7 Å². The summed E-state index contributed by atoms with van der Waals surface area (Å²) in [4.78, 5) is 14.3. The Bertz CT molecular complexity index is 941. The molecule has 0 bridgehead atoms. The van der Waals surface area contributed by atoms with Crippen LogP contribution in [0.1, 0.15) is 5.56 Å². The van der Waals surface area contributed by atoms with Gasteiger partial charge < -0.3 is 14.4 Å². The zero-order valence-corrected chi connectivity index (χ0v) is 16.8. The molecule has 0 spiro atoms. The maximum atomic E-state index is 12.6. The molecule has 3 rings (SSSR count). The van der Waals surface area contributed by atoms with Gasteiger partial charge >= 0.3 is 0 Å². The number of benzene rings is 2. The molecule has 2 aromatic carbocycles. The van der Waals surface area contributed by atoms with Crippen LogP contribution in [-0.4, -0.2) is 40.8 Å². The standard InChI is InChI=1S/C18H18BrNO5S/c1-20(13-3-5-14(6-4-13)26(2,22)23)18(21)10-12-9-16-17(11-15(12)19)25-8-7-24-16/h3-6,9,11H,7-8,10H2,1-2H3. The van der Waals surface area contributed by atoms with Gasteiger partial charge in [-0.25, -0.2) is 8.42 Å². The third-order valence-corrected chi connectivity index (χ3v) is 5.95. The average Bonchev–Trinajstić information content (AvgIpc) is 2.61. The van der Waals surface area contributed by atoms with E-state index >= 15 is 0 Å². The third-order valence-electron chi connectivity index (χ3n) is 4.08. The Morgan fingerprint density at radius 1 is 1.12 bits per heavy atom. The number of carbonyl (C=O) groups is 1. The number of rotatable bonds is 4. The van der Waals surface area contributed by atoms with Crippen molar-refractivity contribution in [1.82, 2.24) is 0 Å². The van der Waals surface area contributed by atoms with E-state index in [2.05, 4.69) is 15.9 Å². The number of likely N-dealkylation sites (N-methyl/N-ethyl adjacent to an activating group) is 1. The maximum absolute atomic E-state index is 12.6. The summed E-state index contributed by atoms with van der Waals surface area (Å²) in [7, 11) is -1.61. The molecular formula is C18H18BrNO5S. The number of ether oxygens (including phenoxy) is 2. The summed E-state index contributed by atoms with van der Waals surface area (Å²) < 4.78 is 34.9. The van der Waals surface area contributed by atoms with Crippen molar-refractivity contribution >= 4 is 37.4 Å². The van der Waals surface area contributed by atoms with Gasteiger partial charge in [-0.05, 0) is 42.0 Å². The second-order valence-corrected chi connectivity index (χ2v) is 8.85. The quantitative estimate of drug-likeness (QED) is 0.731. The Labute approximate surface area is 160 Å². The van der Waals surface area contributed by atoms with Crippen LogP contribution in [-0.2, 0) is 21.1 Å². The predicted molar refractivity (Wildman–Crippen MR) is 102 cm³/mol. The first-order chi connectivity index (χ1) is 12.3. The first-order valence-electron chi connectivity index (χ1n) is 7.90. The minimum absolute atomic E-state index is 0.130. The van der Waals surface area contributed by atoms with Crippen molar-refractivity contribution in [2.75, 3.05) is 31.4 Å². The highest BCUT2D eigenvalue weighted by molar-refractivity contribution is 9.10. The molecule has 6 nitrogen and oxygen atoms in total. The number of sulfone groups is 1. The zero-order chi connectivity index (χ0) is 18.9. The van der Waals surface area contributed by atoms with Crippen molar-refractivity contribution in [3.05, 3.63) is 46.4 Å². The van der Waals surface area contributed by atoms with Gasteiger partial charge in [0.15, 0.2) is 21.3 Å². The molecule has 0 unspecified atom stereocenters. The van der Waals surface area contributed by atoms with E-state index in [1.165, 1.54) is 17.0 Å². The summed E-state index contributed by atoms with van der Waals surface area (Å²) >= 11 is 3.47. The molecule has 1 amide bonds. The summed E-state index contributed by atoms with van der Waals surface area (Å²) in [5, 5.41) is 0. The summed E-state index contributed by atoms with van der Waals surface area (Å²) in [6.45, 7) is 0.985. The lowest BCUT2D eigenvalue weighted by atomic mass is 10.1. The van der Waals surface area contributed by atoms with Crippen molar-refractivity contribution in [2.45, 2.75) is 11.3 Å². The molecule has 2 aromatic rings. The van der Waals surface area contributed by atoms with E-state index in [0.717, 1.165) is 16.3 Å². The monoisotopic (exact) mass is 439 g/mol. The summed E-state index contributed by atoms with van der Waals surface area (Å²) in [6.07, 6.45) is 1.32. The Morgan fingerprint density at radius 2 is 1.69 bits per heavy atom. The van der Waals surface area contributed by atoms with Crippen molar-refractivity contribution in [3.63, 3.8) is 0 Å². The molecule has 1 heterocycles. The molecule has 0 fully saturated rings. The molecule has 138 valence electrons. The van der Waals surface area contributed by atoms with Crippen LogP contribution in [0.3, 0.4) is 0 Å². The normalized spacial score (nSPS) is 13.3. The van der Waals surface area contributed by atoms with E-state index in [-0.39, 0.29) is 17.2 Å². The Morgan fingerprint density at radius 3 is 2.27 bits per heavy atom. The largest absolute Gasteiger partial charge is 0.486 e. The highest BCUT2D eigenvalue weighted by Crippen LogP contribution is 2.36. The fourth-order valence-corrected chi connectivity index (χ4v) is 3.68. The second kappa shape index (κ2) is 7.28. The molecule has 1 aliphatic heterocycles. The topological polar surface area (TPSA) is 72.9 Å². The lowest BCUT2D eigenvalue weighted by Gasteiger charge is -2.21. The molecule has 0 radical (unpaired) electrons. The van der Waals surface area contributed by atoms with Gasteiger partial charge in [-0.3, -0.25) is 4.79 Å². The van der Waals surface area contributed by atoms with Gasteiger partial charge in [0.2, 0.25) is 5.91 Å². The molecule has 0 atom stereocenters. The maximum Gasteiger partial charge on any atom is 0.231 e. The van der Waals surface area contributed by atoms with Crippen LogP contribution in [0, 0.1) is 0 Å². The molecule has 1 aliphatic rings. The van der Waals surface area contributed by atoms with Crippen LogP contribution >= 0.6 is 15.9 Å². The number of amides is 1. The van der Waals surface area contributed by atoms with Gasteiger partial charge in [-0.15, -0.1) is 0 Å². The number of fused-ring (bicyclic) bond motifs is 1. The van der Waals surface area contributed by atoms with E-state index in [1.54, 1.807) is 31.3 Å². The lowest BCUT2D eigenvalue weighted by Crippen LogP contribution is -2.28. The molecule has 26 heavy (non-hydrogen) atoms. The Hall–Kier alpha value is -2.06. The predicted octanol–water partition coefficient (Wildman–Crippen LogP) is 2.83. The van der Waals surface area contributed by atoms with E-state index < -0.39 is 9.84 Å². The molecule has 0 aromatic heterocycles. The van der Waals surface area contributed by atoms with Crippen LogP contribution in [0.25, 0.3) is 0 Å². The lowest BCUT2D eigenvalue weighted by molar-refractivity contribution is -0.117. The van der Waals surface area contributed by atoms with Crippen LogP contribution in [0.15, 0.2) is 45.8 Å². The van der Waals surface area contributed by atoms with Crippen molar-refractivity contribution in [2.24, 2.45) is 0 Å². The molecule has 0 saturated carbocycles. The summed E-state index contributed by atoms with van der Waals surface area (Å²) in [6, 6.07) is 9.83. The number of halogens is 1. The Kier molecular flexibility index (Phi) is 5.24. The number of carbonyl (C=O) groups excluding carboxylic acids is 1. The highest BCUT2D eigenvalue weighted by Gasteiger charge is 2.19. The fraction of sp³-hybridized carbons (Fsp3) is 0.278. The van der Waals surface area contributed by atoms with Crippen LogP contribution in [0.5, 0.6) is 11.5 Å². The average molecular weight is 440 g/mol. The van der Waals surface area contributed by atoms with Gasteiger partial charge in [0.1, 0.15) is 13.2 Å². The van der Waals surface area contributed by atoms with Gasteiger partial charge in [0.05, 0.1) is 11.3 Å². The zero-order valence-electron chi connectivity index (χ0n) is 14.4. The van der Waals surface area contributed by atoms with Gasteiger partial charge in [0.25, 0.3) is 0 Å². The van der Waals surface area contributed by atoms with Crippen LogP contribution in [0.2, 0.25) is 0 Å². The molecular weight excluding hydrogens is 422 g/mol. The Balaban J connectivity index is 1.77. The van der Waals surface area contributed by atoms with E-state index in [4.69, 9.17) is 9.47 Å². The first kappa shape index (κ1) is 18.7. The fourth-order valence-electron chi connectivity index (χ4n) is 2.58. The minimum atomic E-state index is -3.26. The van der Waals surface area contributed by atoms with Gasteiger partial charge in [0, 0.05) is 23.5 Å². The van der Waals surface area contributed by atoms with Gasteiger partial charge in [-0.2, -0.15) is 0 Å². The minimum Gasteiger partial charge on any atom is -0.486 e. The second-order valence-electron chi connectivity index (χ2n) is 5.98. The molecule has 8 heteroatoms. The number of hydrogen-bond acceptors (Lipinski definition) is 5. The number of anilines is 1.